The lowest BCUT2D eigenvalue weighted by Crippen LogP contribution is -2.50. The number of aliphatic hydroxyl groups excluding tert-OH is 1. The van der Waals surface area contributed by atoms with Gasteiger partial charge in [0.15, 0.2) is 6.61 Å². The second-order valence-corrected chi connectivity index (χ2v) is 5.25. The van der Waals surface area contributed by atoms with Crippen molar-refractivity contribution in [2.75, 3.05) is 13.2 Å². The highest BCUT2D eigenvalue weighted by atomic mass is 16.5. The molecule has 4 heteroatoms. The van der Waals surface area contributed by atoms with E-state index >= 15 is 0 Å². The van der Waals surface area contributed by atoms with Crippen LogP contribution in [0.4, 0.5) is 0 Å². The van der Waals surface area contributed by atoms with Crippen LogP contribution >= 0.6 is 0 Å². The maximum atomic E-state index is 11.9. The summed E-state index contributed by atoms with van der Waals surface area (Å²) >= 11 is 0. The summed E-state index contributed by atoms with van der Waals surface area (Å²) in [7, 11) is 0. The molecule has 0 heterocycles. The maximum Gasteiger partial charge on any atom is 0.258 e. The molecule has 1 saturated carbocycles. The number of hydrogen-bond acceptors (Lipinski definition) is 3. The zero-order chi connectivity index (χ0) is 13.7. The number of aliphatic hydroxyl groups is 1. The van der Waals surface area contributed by atoms with Crippen LogP contribution in [0, 0.1) is 6.92 Å². The second-order valence-electron chi connectivity index (χ2n) is 5.25. The molecule has 2 rings (SSSR count). The third kappa shape index (κ3) is 3.47. The van der Waals surface area contributed by atoms with E-state index in [4.69, 9.17) is 4.74 Å². The van der Waals surface area contributed by atoms with Gasteiger partial charge in [0.2, 0.25) is 0 Å². The van der Waals surface area contributed by atoms with E-state index < -0.39 is 5.54 Å². The van der Waals surface area contributed by atoms with Crippen molar-refractivity contribution >= 4 is 5.91 Å². The first kappa shape index (κ1) is 13.9. The molecule has 1 aromatic rings. The van der Waals surface area contributed by atoms with E-state index in [1.165, 1.54) is 0 Å². The molecule has 4 nitrogen and oxygen atoms in total. The Morgan fingerprint density at radius 1 is 1.37 bits per heavy atom. The number of aryl methyl sites for hydroxylation is 1. The number of para-hydroxylation sites is 1. The van der Waals surface area contributed by atoms with E-state index in [0.717, 1.165) is 37.0 Å². The van der Waals surface area contributed by atoms with Crippen LogP contribution in [-0.4, -0.2) is 29.8 Å². The van der Waals surface area contributed by atoms with Crippen LogP contribution in [0.15, 0.2) is 24.3 Å². The standard InChI is InChI=1S/C15H21NO3/c1-12-6-2-3-7-13(12)19-10-14(18)16-15(11-17)8-4-5-9-15/h2-3,6-7,17H,4-5,8-11H2,1H3,(H,16,18). The molecule has 0 unspecified atom stereocenters. The number of nitrogens with one attached hydrogen (secondary N) is 1. The fraction of sp³-hybridized carbons (Fsp3) is 0.533. The minimum absolute atomic E-state index is 0.00308. The fourth-order valence-electron chi connectivity index (χ4n) is 2.57. The number of amides is 1. The normalized spacial score (nSPS) is 17.2. The molecule has 0 bridgehead atoms. The number of carbonyl (C=O) groups excluding carboxylic acids is 1. The lowest BCUT2D eigenvalue weighted by Gasteiger charge is -2.27. The van der Waals surface area contributed by atoms with E-state index in [1.807, 2.05) is 31.2 Å². The van der Waals surface area contributed by atoms with Crippen LogP contribution in [0.25, 0.3) is 0 Å². The van der Waals surface area contributed by atoms with Crippen molar-refractivity contribution in [2.24, 2.45) is 0 Å². The molecular formula is C15H21NO3. The molecule has 0 atom stereocenters. The first-order chi connectivity index (χ1) is 9.15. The average molecular weight is 263 g/mol. The van der Waals surface area contributed by atoms with Crippen LogP contribution in [0.1, 0.15) is 31.2 Å². The summed E-state index contributed by atoms with van der Waals surface area (Å²) in [5.41, 5.74) is 0.583. The van der Waals surface area contributed by atoms with E-state index in [0.29, 0.717) is 0 Å². The quantitative estimate of drug-likeness (QED) is 0.851. The summed E-state index contributed by atoms with van der Waals surface area (Å²) in [4.78, 5) is 11.9. The number of rotatable bonds is 5. The Balaban J connectivity index is 1.86. The Bertz CT molecular complexity index is 439. The Labute approximate surface area is 113 Å². The largest absolute Gasteiger partial charge is 0.484 e. The Morgan fingerprint density at radius 2 is 2.05 bits per heavy atom. The van der Waals surface area contributed by atoms with Gasteiger partial charge in [0, 0.05) is 0 Å². The van der Waals surface area contributed by atoms with Gasteiger partial charge in [0.25, 0.3) is 5.91 Å². The molecule has 2 N–H and O–H groups in total. The predicted octanol–water partition coefficient (Wildman–Crippen LogP) is 1.80. The van der Waals surface area contributed by atoms with Gasteiger partial charge in [-0.2, -0.15) is 0 Å². The van der Waals surface area contributed by atoms with Gasteiger partial charge >= 0.3 is 0 Å². The van der Waals surface area contributed by atoms with Gasteiger partial charge in [0.05, 0.1) is 12.1 Å². The summed E-state index contributed by atoms with van der Waals surface area (Å²) < 4.78 is 5.50. The first-order valence-electron chi connectivity index (χ1n) is 6.75. The fourth-order valence-corrected chi connectivity index (χ4v) is 2.57. The average Bonchev–Trinajstić information content (AvgIpc) is 2.87. The molecule has 0 radical (unpaired) electrons. The van der Waals surface area contributed by atoms with Gasteiger partial charge in [-0.15, -0.1) is 0 Å². The topological polar surface area (TPSA) is 58.6 Å². The molecular weight excluding hydrogens is 242 g/mol. The van der Waals surface area contributed by atoms with Crippen LogP contribution in [-0.2, 0) is 4.79 Å². The van der Waals surface area contributed by atoms with Gasteiger partial charge in [0.1, 0.15) is 5.75 Å². The zero-order valence-corrected chi connectivity index (χ0v) is 11.3. The van der Waals surface area contributed by atoms with Crippen molar-refractivity contribution in [3.8, 4) is 5.75 Å². The van der Waals surface area contributed by atoms with E-state index in [1.54, 1.807) is 0 Å². The van der Waals surface area contributed by atoms with Crippen molar-refractivity contribution < 1.29 is 14.6 Å². The molecule has 1 aromatic carbocycles. The van der Waals surface area contributed by atoms with Gasteiger partial charge in [-0.25, -0.2) is 0 Å². The van der Waals surface area contributed by atoms with Crippen molar-refractivity contribution in [3.63, 3.8) is 0 Å². The molecule has 0 spiro atoms. The van der Waals surface area contributed by atoms with Crippen LogP contribution < -0.4 is 10.1 Å². The monoisotopic (exact) mass is 263 g/mol. The smallest absolute Gasteiger partial charge is 0.258 e. The number of ether oxygens (including phenoxy) is 1. The number of hydrogen-bond donors (Lipinski definition) is 2. The molecule has 0 aliphatic heterocycles. The van der Waals surface area contributed by atoms with E-state index in [9.17, 15) is 9.90 Å². The molecule has 1 fully saturated rings. The van der Waals surface area contributed by atoms with Crippen molar-refractivity contribution in [2.45, 2.75) is 38.1 Å². The van der Waals surface area contributed by atoms with Crippen molar-refractivity contribution in [1.82, 2.24) is 5.32 Å². The molecule has 1 aliphatic carbocycles. The molecule has 19 heavy (non-hydrogen) atoms. The summed E-state index contributed by atoms with van der Waals surface area (Å²) in [6.07, 6.45) is 3.80. The first-order valence-corrected chi connectivity index (χ1v) is 6.75. The van der Waals surface area contributed by atoms with Gasteiger partial charge in [-0.05, 0) is 31.4 Å². The highest BCUT2D eigenvalue weighted by Crippen LogP contribution is 2.29. The third-order valence-electron chi connectivity index (χ3n) is 3.72. The van der Waals surface area contributed by atoms with Gasteiger partial charge in [-0.3, -0.25) is 4.79 Å². The Kier molecular flexibility index (Phi) is 4.43. The van der Waals surface area contributed by atoms with Crippen molar-refractivity contribution in [1.29, 1.82) is 0 Å². The highest BCUT2D eigenvalue weighted by molar-refractivity contribution is 5.78. The Hall–Kier alpha value is -1.55. The summed E-state index contributed by atoms with van der Waals surface area (Å²) in [5.74, 6) is 0.557. The molecule has 0 saturated heterocycles. The highest BCUT2D eigenvalue weighted by Gasteiger charge is 2.34. The third-order valence-corrected chi connectivity index (χ3v) is 3.72. The second kappa shape index (κ2) is 6.06. The minimum atomic E-state index is -0.424. The zero-order valence-electron chi connectivity index (χ0n) is 11.3. The van der Waals surface area contributed by atoms with E-state index in [-0.39, 0.29) is 19.1 Å². The van der Waals surface area contributed by atoms with Crippen LogP contribution in [0.3, 0.4) is 0 Å². The molecule has 0 aromatic heterocycles. The lowest BCUT2D eigenvalue weighted by molar-refractivity contribution is -0.125. The van der Waals surface area contributed by atoms with E-state index in [2.05, 4.69) is 5.32 Å². The summed E-state index contributed by atoms with van der Waals surface area (Å²) in [6.45, 7) is 1.94. The Morgan fingerprint density at radius 3 is 2.68 bits per heavy atom. The number of benzene rings is 1. The SMILES string of the molecule is Cc1ccccc1OCC(=O)NC1(CO)CCCC1. The maximum absolute atomic E-state index is 11.9. The molecule has 1 aliphatic rings. The van der Waals surface area contributed by atoms with Crippen molar-refractivity contribution in [3.05, 3.63) is 29.8 Å². The van der Waals surface area contributed by atoms with Crippen LogP contribution in [0.5, 0.6) is 5.75 Å². The summed E-state index contributed by atoms with van der Waals surface area (Å²) in [6, 6.07) is 7.60. The molecule has 1 amide bonds. The minimum Gasteiger partial charge on any atom is -0.484 e. The molecule has 104 valence electrons. The lowest BCUT2D eigenvalue weighted by atomic mass is 9.99. The predicted molar refractivity (Wildman–Crippen MR) is 73.1 cm³/mol. The van der Waals surface area contributed by atoms with Gasteiger partial charge in [-0.1, -0.05) is 31.0 Å². The van der Waals surface area contributed by atoms with Gasteiger partial charge < -0.3 is 15.2 Å². The van der Waals surface area contributed by atoms with Crippen LogP contribution in [0.2, 0.25) is 0 Å². The summed E-state index contributed by atoms with van der Waals surface area (Å²) in [5, 5.41) is 12.4. The number of carbonyl (C=O) groups is 1.